The quantitative estimate of drug-likeness (QED) is 0.645. The van der Waals surface area contributed by atoms with Gasteiger partial charge in [-0.2, -0.15) is 0 Å². The predicted octanol–water partition coefficient (Wildman–Crippen LogP) is 1.22. The number of rotatable bonds is 4. The van der Waals surface area contributed by atoms with Gasteiger partial charge in [-0.15, -0.1) is 0 Å². The minimum atomic E-state index is -0.481. The van der Waals surface area contributed by atoms with Crippen molar-refractivity contribution < 1.29 is 9.72 Å². The van der Waals surface area contributed by atoms with Gasteiger partial charge in [0, 0.05) is 25.2 Å². The van der Waals surface area contributed by atoms with E-state index in [1.807, 2.05) is 0 Å². The minimum absolute atomic E-state index is 0.0745. The minimum Gasteiger partial charge on any atom is -0.319 e. The summed E-state index contributed by atoms with van der Waals surface area (Å²) < 4.78 is 0. The molecule has 2 N–H and O–H groups in total. The largest absolute Gasteiger partial charge is 0.319 e. The van der Waals surface area contributed by atoms with Gasteiger partial charge in [-0.25, -0.2) is 0 Å². The van der Waals surface area contributed by atoms with Gasteiger partial charge >= 0.3 is 0 Å². The SMILES string of the molecule is O=C(CN1CCC2NCCC2C1)Nc1ccccc1[N+](=O)[O-]. The Balaban J connectivity index is 1.58. The van der Waals surface area contributed by atoms with Gasteiger partial charge in [0.05, 0.1) is 11.5 Å². The maximum atomic E-state index is 12.2. The van der Waals surface area contributed by atoms with Crippen LogP contribution in [0.25, 0.3) is 0 Å². The molecule has 7 heteroatoms. The van der Waals surface area contributed by atoms with E-state index < -0.39 is 4.92 Å². The molecule has 2 heterocycles. The molecule has 1 aromatic carbocycles. The summed E-state index contributed by atoms with van der Waals surface area (Å²) in [6.45, 7) is 3.15. The van der Waals surface area contributed by atoms with Crippen LogP contribution in [0.15, 0.2) is 24.3 Å². The molecule has 0 aliphatic carbocycles. The molecule has 3 rings (SSSR count). The standard InChI is InChI=1S/C15H20N4O3/c20-15(17-13-3-1-2-4-14(13)19(21)22)10-18-8-6-12-11(9-18)5-7-16-12/h1-4,11-12,16H,5-10H2,(H,17,20). The zero-order valence-corrected chi connectivity index (χ0v) is 12.3. The van der Waals surface area contributed by atoms with Crippen molar-refractivity contribution in [3.8, 4) is 0 Å². The number of amides is 1. The van der Waals surface area contributed by atoms with Crippen molar-refractivity contribution in [2.24, 2.45) is 5.92 Å². The van der Waals surface area contributed by atoms with Crippen LogP contribution in [0.1, 0.15) is 12.8 Å². The van der Waals surface area contributed by atoms with Crippen LogP contribution in [-0.2, 0) is 4.79 Å². The number of carbonyl (C=O) groups excluding carboxylic acids is 1. The number of hydrogen-bond acceptors (Lipinski definition) is 5. The number of hydrogen-bond donors (Lipinski definition) is 2. The number of nitro benzene ring substituents is 1. The lowest BCUT2D eigenvalue weighted by Gasteiger charge is -2.34. The van der Waals surface area contributed by atoms with E-state index in [4.69, 9.17) is 0 Å². The molecular formula is C15H20N4O3. The lowest BCUT2D eigenvalue weighted by atomic mass is 9.93. The van der Waals surface area contributed by atoms with E-state index in [1.54, 1.807) is 18.2 Å². The first-order valence-corrected chi connectivity index (χ1v) is 7.62. The fourth-order valence-corrected chi connectivity index (χ4v) is 3.40. The second-order valence-electron chi connectivity index (χ2n) is 5.96. The summed E-state index contributed by atoms with van der Waals surface area (Å²) in [6.07, 6.45) is 2.22. The summed E-state index contributed by atoms with van der Waals surface area (Å²) in [6, 6.07) is 6.81. The van der Waals surface area contributed by atoms with Gasteiger partial charge in [0.1, 0.15) is 5.69 Å². The molecular weight excluding hydrogens is 284 g/mol. The van der Waals surface area contributed by atoms with Gasteiger partial charge in [-0.3, -0.25) is 19.8 Å². The van der Waals surface area contributed by atoms with E-state index in [0.29, 0.717) is 12.0 Å². The molecule has 2 atom stereocenters. The van der Waals surface area contributed by atoms with Gasteiger partial charge in [0.2, 0.25) is 5.91 Å². The lowest BCUT2D eigenvalue weighted by Crippen LogP contribution is -2.46. The number of anilines is 1. The first-order valence-electron chi connectivity index (χ1n) is 7.62. The number of likely N-dealkylation sites (tertiary alicyclic amines) is 1. The summed E-state index contributed by atoms with van der Waals surface area (Å²) in [5.74, 6) is 0.423. The van der Waals surface area contributed by atoms with Crippen molar-refractivity contribution in [1.82, 2.24) is 10.2 Å². The second-order valence-corrected chi connectivity index (χ2v) is 5.96. The van der Waals surface area contributed by atoms with Crippen LogP contribution >= 0.6 is 0 Å². The highest BCUT2D eigenvalue weighted by atomic mass is 16.6. The third-order valence-corrected chi connectivity index (χ3v) is 4.48. The van der Waals surface area contributed by atoms with E-state index in [9.17, 15) is 14.9 Å². The number of carbonyl (C=O) groups is 1. The average Bonchev–Trinajstić information content (AvgIpc) is 2.95. The molecule has 118 valence electrons. The maximum Gasteiger partial charge on any atom is 0.292 e. The van der Waals surface area contributed by atoms with Crippen LogP contribution in [0, 0.1) is 16.0 Å². The third-order valence-electron chi connectivity index (χ3n) is 4.48. The van der Waals surface area contributed by atoms with Gasteiger partial charge in [-0.05, 0) is 31.4 Å². The molecule has 7 nitrogen and oxygen atoms in total. The molecule has 0 bridgehead atoms. The van der Waals surface area contributed by atoms with E-state index in [2.05, 4.69) is 15.5 Å². The molecule has 0 saturated carbocycles. The van der Waals surface area contributed by atoms with Crippen LogP contribution in [0.2, 0.25) is 0 Å². The fourth-order valence-electron chi connectivity index (χ4n) is 3.40. The number of nitrogens with zero attached hydrogens (tertiary/aromatic N) is 2. The Hall–Kier alpha value is -1.99. The van der Waals surface area contributed by atoms with Crippen molar-refractivity contribution in [3.05, 3.63) is 34.4 Å². The van der Waals surface area contributed by atoms with Crippen molar-refractivity contribution in [3.63, 3.8) is 0 Å². The number of piperidine rings is 1. The first-order chi connectivity index (χ1) is 10.6. The normalized spacial score (nSPS) is 24.7. The smallest absolute Gasteiger partial charge is 0.292 e. The summed E-state index contributed by atoms with van der Waals surface area (Å²) >= 11 is 0. The zero-order valence-electron chi connectivity index (χ0n) is 12.3. The number of benzene rings is 1. The Bertz CT molecular complexity index is 578. The maximum absolute atomic E-state index is 12.2. The van der Waals surface area contributed by atoms with E-state index in [-0.39, 0.29) is 23.8 Å². The van der Waals surface area contributed by atoms with Crippen molar-refractivity contribution >= 4 is 17.3 Å². The number of para-hydroxylation sites is 2. The molecule has 0 radical (unpaired) electrons. The van der Waals surface area contributed by atoms with Gasteiger partial charge in [-0.1, -0.05) is 12.1 Å². The van der Waals surface area contributed by atoms with E-state index >= 15 is 0 Å². The Kier molecular flexibility index (Phi) is 4.35. The van der Waals surface area contributed by atoms with Crippen LogP contribution in [0.4, 0.5) is 11.4 Å². The Morgan fingerprint density at radius 1 is 1.41 bits per heavy atom. The van der Waals surface area contributed by atoms with Crippen LogP contribution in [0.3, 0.4) is 0 Å². The fraction of sp³-hybridized carbons (Fsp3) is 0.533. The van der Waals surface area contributed by atoms with Crippen LogP contribution in [0.5, 0.6) is 0 Å². The Labute approximate surface area is 128 Å². The second kappa shape index (κ2) is 6.41. The molecule has 2 unspecified atom stereocenters. The van der Waals surface area contributed by atoms with Gasteiger partial charge in [0.15, 0.2) is 0 Å². The lowest BCUT2D eigenvalue weighted by molar-refractivity contribution is -0.383. The number of fused-ring (bicyclic) bond motifs is 1. The molecule has 0 aromatic heterocycles. The van der Waals surface area contributed by atoms with Gasteiger partial charge in [0.25, 0.3) is 5.69 Å². The van der Waals surface area contributed by atoms with Crippen molar-refractivity contribution in [2.75, 3.05) is 31.5 Å². The zero-order chi connectivity index (χ0) is 15.5. The van der Waals surface area contributed by atoms with E-state index in [0.717, 1.165) is 32.5 Å². The van der Waals surface area contributed by atoms with Crippen LogP contribution in [-0.4, -0.2) is 48.0 Å². The highest BCUT2D eigenvalue weighted by Crippen LogP contribution is 2.25. The summed E-state index contributed by atoms with van der Waals surface area (Å²) in [7, 11) is 0. The molecule has 22 heavy (non-hydrogen) atoms. The monoisotopic (exact) mass is 304 g/mol. The number of nitrogens with one attached hydrogen (secondary N) is 2. The van der Waals surface area contributed by atoms with Gasteiger partial charge < -0.3 is 10.6 Å². The molecule has 2 fully saturated rings. The predicted molar refractivity (Wildman–Crippen MR) is 82.7 cm³/mol. The molecule has 1 aromatic rings. The van der Waals surface area contributed by atoms with E-state index in [1.165, 1.54) is 6.07 Å². The average molecular weight is 304 g/mol. The Morgan fingerprint density at radius 3 is 3.05 bits per heavy atom. The Morgan fingerprint density at radius 2 is 2.23 bits per heavy atom. The summed E-state index contributed by atoms with van der Waals surface area (Å²) in [5, 5.41) is 17.1. The van der Waals surface area contributed by atoms with Crippen molar-refractivity contribution in [2.45, 2.75) is 18.9 Å². The molecule has 1 amide bonds. The molecule has 0 spiro atoms. The highest BCUT2D eigenvalue weighted by Gasteiger charge is 2.33. The van der Waals surface area contributed by atoms with Crippen molar-refractivity contribution in [1.29, 1.82) is 0 Å². The molecule has 2 saturated heterocycles. The van der Waals surface area contributed by atoms with Crippen LogP contribution < -0.4 is 10.6 Å². The topological polar surface area (TPSA) is 87.5 Å². The highest BCUT2D eigenvalue weighted by molar-refractivity contribution is 5.94. The first kappa shape index (κ1) is 14.9. The summed E-state index contributed by atoms with van der Waals surface area (Å²) in [4.78, 5) is 24.8. The third kappa shape index (κ3) is 3.26. The summed E-state index contributed by atoms with van der Waals surface area (Å²) in [5.41, 5.74) is 0.185. The number of nitro groups is 1. The molecule has 2 aliphatic rings. The molecule has 2 aliphatic heterocycles.